The highest BCUT2D eigenvalue weighted by Crippen LogP contribution is 2.26. The second kappa shape index (κ2) is 3.22. The van der Waals surface area contributed by atoms with Gasteiger partial charge >= 0.3 is 6.18 Å². The summed E-state index contributed by atoms with van der Waals surface area (Å²) in [6.45, 7) is 0. The van der Waals surface area contributed by atoms with Gasteiger partial charge in [0.2, 0.25) is 5.82 Å². The number of H-pyrrole nitrogens is 1. The van der Waals surface area contributed by atoms with Crippen LogP contribution in [0.5, 0.6) is 0 Å². The molecule has 16 heavy (non-hydrogen) atoms. The lowest BCUT2D eigenvalue weighted by Crippen LogP contribution is -2.19. The van der Waals surface area contributed by atoms with Gasteiger partial charge in [-0.05, 0) is 18.2 Å². The van der Waals surface area contributed by atoms with Crippen molar-refractivity contribution in [3.05, 3.63) is 34.4 Å². The molecular weight excluding hydrogens is 223 g/mol. The number of nitrogen functional groups attached to an aromatic ring is 1. The molecule has 0 spiro atoms. The topological polar surface area (TPSA) is 71.8 Å². The summed E-state index contributed by atoms with van der Waals surface area (Å²) in [5, 5.41) is 0.0352. The fraction of sp³-hybridized carbons (Fsp3) is 0.111. The summed E-state index contributed by atoms with van der Waals surface area (Å²) in [5.41, 5.74) is 4.81. The molecule has 0 aliphatic carbocycles. The summed E-state index contributed by atoms with van der Waals surface area (Å²) in [4.78, 5) is 16.3. The summed E-state index contributed by atoms with van der Waals surface area (Å²) in [6, 6.07) is 3.94. The Morgan fingerprint density at radius 1 is 1.31 bits per heavy atom. The Labute approximate surface area is 86.9 Å². The highest BCUT2D eigenvalue weighted by Gasteiger charge is 2.34. The van der Waals surface area contributed by atoms with Crippen LogP contribution >= 0.6 is 0 Å². The summed E-state index contributed by atoms with van der Waals surface area (Å²) in [6.07, 6.45) is -4.67. The van der Waals surface area contributed by atoms with Gasteiger partial charge in [-0.1, -0.05) is 0 Å². The van der Waals surface area contributed by atoms with Gasteiger partial charge < -0.3 is 10.7 Å². The zero-order valence-corrected chi connectivity index (χ0v) is 7.80. The predicted octanol–water partition coefficient (Wildman–Crippen LogP) is 1.52. The highest BCUT2D eigenvalue weighted by atomic mass is 19.4. The summed E-state index contributed by atoms with van der Waals surface area (Å²) in [7, 11) is 0. The standard InChI is InChI=1S/C9H6F3N3O/c10-9(11,12)8-14-6-2-1-4(13)3-5(6)7(16)15-8/h1-3H,13H2,(H,14,15,16). The van der Waals surface area contributed by atoms with Crippen LogP contribution in [0.1, 0.15) is 5.82 Å². The van der Waals surface area contributed by atoms with Gasteiger partial charge in [0.05, 0.1) is 10.9 Å². The monoisotopic (exact) mass is 229 g/mol. The van der Waals surface area contributed by atoms with Crippen LogP contribution < -0.4 is 11.3 Å². The molecule has 7 heteroatoms. The molecule has 1 aromatic carbocycles. The molecule has 0 fully saturated rings. The van der Waals surface area contributed by atoms with Gasteiger partial charge in [0.15, 0.2) is 0 Å². The third kappa shape index (κ3) is 1.71. The maximum Gasteiger partial charge on any atom is 0.449 e. The van der Waals surface area contributed by atoms with Crippen LogP contribution in [-0.4, -0.2) is 9.97 Å². The number of nitrogens with zero attached hydrogens (tertiary/aromatic N) is 1. The number of nitrogens with one attached hydrogen (secondary N) is 1. The minimum Gasteiger partial charge on any atom is -0.399 e. The minimum atomic E-state index is -4.67. The van der Waals surface area contributed by atoms with Crippen LogP contribution in [-0.2, 0) is 6.18 Å². The Bertz CT molecular complexity index is 603. The number of halogens is 3. The van der Waals surface area contributed by atoms with Crippen LogP contribution in [0, 0.1) is 0 Å². The van der Waals surface area contributed by atoms with Gasteiger partial charge in [0.1, 0.15) is 0 Å². The first kappa shape index (κ1) is 10.5. The molecule has 84 valence electrons. The normalized spacial score (nSPS) is 11.9. The van der Waals surface area contributed by atoms with Gasteiger partial charge in [-0.3, -0.25) is 4.79 Å². The largest absolute Gasteiger partial charge is 0.449 e. The van der Waals surface area contributed by atoms with Crippen LogP contribution in [0.25, 0.3) is 10.9 Å². The van der Waals surface area contributed by atoms with E-state index in [1.165, 1.54) is 18.2 Å². The molecule has 0 aliphatic heterocycles. The second-order valence-corrected chi connectivity index (χ2v) is 3.19. The third-order valence-corrected chi connectivity index (χ3v) is 2.00. The first-order valence-corrected chi connectivity index (χ1v) is 4.24. The minimum absolute atomic E-state index is 0.0352. The number of nitrogens with two attached hydrogens (primary N) is 1. The molecule has 0 unspecified atom stereocenters. The van der Waals surface area contributed by atoms with E-state index in [4.69, 9.17) is 5.73 Å². The number of rotatable bonds is 0. The van der Waals surface area contributed by atoms with E-state index in [0.29, 0.717) is 5.69 Å². The Morgan fingerprint density at radius 3 is 2.62 bits per heavy atom. The van der Waals surface area contributed by atoms with Crippen molar-refractivity contribution >= 4 is 16.6 Å². The fourth-order valence-corrected chi connectivity index (χ4v) is 1.29. The molecular formula is C9H6F3N3O. The van der Waals surface area contributed by atoms with E-state index >= 15 is 0 Å². The van der Waals surface area contributed by atoms with E-state index in [-0.39, 0.29) is 10.9 Å². The van der Waals surface area contributed by atoms with Crippen molar-refractivity contribution in [2.75, 3.05) is 5.73 Å². The van der Waals surface area contributed by atoms with Gasteiger partial charge in [-0.2, -0.15) is 13.2 Å². The van der Waals surface area contributed by atoms with E-state index in [0.717, 1.165) is 0 Å². The second-order valence-electron chi connectivity index (χ2n) is 3.19. The van der Waals surface area contributed by atoms with Gasteiger partial charge in [-0.25, -0.2) is 4.98 Å². The number of benzene rings is 1. The van der Waals surface area contributed by atoms with Gasteiger partial charge in [0.25, 0.3) is 5.56 Å². The number of alkyl halides is 3. The Balaban J connectivity index is 2.79. The van der Waals surface area contributed by atoms with Crippen molar-refractivity contribution < 1.29 is 13.2 Å². The molecule has 0 atom stereocenters. The smallest absolute Gasteiger partial charge is 0.399 e. The van der Waals surface area contributed by atoms with Crippen molar-refractivity contribution in [3.63, 3.8) is 0 Å². The lowest BCUT2D eigenvalue weighted by atomic mass is 10.2. The molecule has 2 aromatic rings. The molecule has 2 rings (SSSR count). The Kier molecular flexibility index (Phi) is 2.11. The summed E-state index contributed by atoms with van der Waals surface area (Å²) in [5.74, 6) is -1.31. The van der Waals surface area contributed by atoms with Gasteiger partial charge in [0, 0.05) is 5.69 Å². The predicted molar refractivity (Wildman–Crippen MR) is 51.8 cm³/mol. The zero-order chi connectivity index (χ0) is 11.9. The number of hydrogen-bond acceptors (Lipinski definition) is 3. The lowest BCUT2D eigenvalue weighted by molar-refractivity contribution is -0.144. The number of aromatic amines is 1. The van der Waals surface area contributed by atoms with Crippen LogP contribution in [0.15, 0.2) is 23.0 Å². The molecule has 0 radical (unpaired) electrons. The molecule has 0 bridgehead atoms. The molecule has 0 saturated carbocycles. The molecule has 1 heterocycles. The molecule has 0 saturated heterocycles. The first-order chi connectivity index (χ1) is 7.38. The number of aromatic nitrogens is 2. The quantitative estimate of drug-likeness (QED) is 0.673. The molecule has 3 N–H and O–H groups in total. The van der Waals surface area contributed by atoms with E-state index in [2.05, 4.69) is 4.98 Å². The van der Waals surface area contributed by atoms with Crippen LogP contribution in [0.3, 0.4) is 0 Å². The number of fused-ring (bicyclic) bond motifs is 1. The van der Waals surface area contributed by atoms with Crippen LogP contribution in [0.2, 0.25) is 0 Å². The van der Waals surface area contributed by atoms with E-state index < -0.39 is 17.6 Å². The Hall–Kier alpha value is -2.05. The molecule has 0 aliphatic rings. The molecule has 1 aromatic heterocycles. The summed E-state index contributed by atoms with van der Waals surface area (Å²) >= 11 is 0. The van der Waals surface area contributed by atoms with Crippen molar-refractivity contribution in [2.24, 2.45) is 0 Å². The first-order valence-electron chi connectivity index (χ1n) is 4.24. The average molecular weight is 229 g/mol. The van der Waals surface area contributed by atoms with Crippen molar-refractivity contribution in [2.45, 2.75) is 6.18 Å². The molecule has 4 nitrogen and oxygen atoms in total. The maximum absolute atomic E-state index is 12.3. The van der Waals surface area contributed by atoms with E-state index in [9.17, 15) is 18.0 Å². The zero-order valence-electron chi connectivity index (χ0n) is 7.80. The lowest BCUT2D eigenvalue weighted by Gasteiger charge is -2.06. The number of hydrogen-bond donors (Lipinski definition) is 2. The van der Waals surface area contributed by atoms with Crippen molar-refractivity contribution in [1.29, 1.82) is 0 Å². The summed E-state index contributed by atoms with van der Waals surface area (Å²) < 4.78 is 37.0. The van der Waals surface area contributed by atoms with E-state index in [1.807, 2.05) is 0 Å². The van der Waals surface area contributed by atoms with Crippen LogP contribution in [0.4, 0.5) is 18.9 Å². The van der Waals surface area contributed by atoms with Crippen molar-refractivity contribution in [1.82, 2.24) is 9.97 Å². The fourth-order valence-electron chi connectivity index (χ4n) is 1.29. The average Bonchev–Trinajstić information content (AvgIpc) is 2.17. The van der Waals surface area contributed by atoms with Gasteiger partial charge in [-0.15, -0.1) is 0 Å². The van der Waals surface area contributed by atoms with Crippen molar-refractivity contribution in [3.8, 4) is 0 Å². The number of anilines is 1. The third-order valence-electron chi connectivity index (χ3n) is 2.00. The SMILES string of the molecule is Nc1ccc2nc(C(F)(F)F)[nH]c(=O)c2c1. The van der Waals surface area contributed by atoms with E-state index in [1.54, 1.807) is 4.98 Å². The molecule has 0 amide bonds. The Morgan fingerprint density at radius 2 is 2.00 bits per heavy atom. The maximum atomic E-state index is 12.3. The highest BCUT2D eigenvalue weighted by molar-refractivity contribution is 5.80.